The maximum Gasteiger partial charge on any atom is 0.252 e. The minimum Gasteiger partial charge on any atom is -0.456 e. The highest BCUT2D eigenvalue weighted by Gasteiger charge is 2.52. The number of halogens is 1. The summed E-state index contributed by atoms with van der Waals surface area (Å²) in [4.78, 5) is 7.51. The molecule has 0 spiro atoms. The SMILES string of the molecule is CC(C)(C)c1ccc(Cc2ccc(C(C)(C)C)cc2)cc1.Cc1cc2c3c(c1)-n1c4c(c5cc(C(C)(C)C)cc(c51)B3c1ccc(Cl)cc1N2c1cccc2oc3ccccc3c12)C(C)(C)c1ccccc1-4.Cc1cc2c3c(c1)-n1c4c(c5cc(C(C)(C)C)cc(c51)B3c1ccc(N(c3ccc(C(C)(C)C)cc3)c3ccc(C(C)(C)C)cc3)cc1N2c1cccc2oc3ccccc3c12)C(C)(C)c1ccccc1-4. The summed E-state index contributed by atoms with van der Waals surface area (Å²) in [6, 6.07) is 118. The molecule has 20 aromatic rings. The molecule has 0 unspecified atom stereocenters. The topological polar surface area (TPSA) is 45.9 Å². The summed E-state index contributed by atoms with van der Waals surface area (Å²) in [5.74, 6) is 0. The second kappa shape index (κ2) is 32.0. The second-order valence-electron chi connectivity index (χ2n) is 48.8. The van der Waals surface area contributed by atoms with Crippen LogP contribution in [0.3, 0.4) is 0 Å². The predicted molar refractivity (Wildman–Crippen MR) is 612 cm³/mol. The molecule has 0 saturated heterocycles. The number of aromatic nitrogens is 2. The summed E-state index contributed by atoms with van der Waals surface area (Å²) >= 11 is 6.94. The highest BCUT2D eigenvalue weighted by atomic mass is 35.5. The first-order chi connectivity index (χ1) is 68.0. The van der Waals surface area contributed by atoms with Crippen molar-refractivity contribution in [2.24, 2.45) is 0 Å². The molecule has 2 aliphatic carbocycles. The lowest BCUT2D eigenvalue weighted by atomic mass is 9.33. The van der Waals surface area contributed by atoms with Gasteiger partial charge in [0.2, 0.25) is 0 Å². The van der Waals surface area contributed by atoms with Gasteiger partial charge in [0.1, 0.15) is 22.3 Å². The number of nitrogens with zero attached hydrogens (tertiary/aromatic N) is 5. The molecule has 7 nitrogen and oxygen atoms in total. The Morgan fingerprint density at radius 2 is 0.636 bits per heavy atom. The minimum atomic E-state index is -0.188. The third-order valence-electron chi connectivity index (χ3n) is 32.2. The Labute approximate surface area is 849 Å². The van der Waals surface area contributed by atoms with Gasteiger partial charge in [0.15, 0.2) is 0 Å². The summed E-state index contributed by atoms with van der Waals surface area (Å²) in [6.07, 6.45) is 1.01. The van der Waals surface area contributed by atoms with Gasteiger partial charge in [-0.15, -0.1) is 0 Å². The fourth-order valence-electron chi connectivity index (χ4n) is 24.9. The van der Waals surface area contributed by atoms with Crippen LogP contribution in [0.15, 0.2) is 324 Å². The van der Waals surface area contributed by atoms with Crippen LogP contribution in [0.2, 0.25) is 5.02 Å². The van der Waals surface area contributed by atoms with E-state index in [2.05, 4.69) is 499 Å². The molecule has 8 heterocycles. The molecule has 0 fully saturated rings. The third kappa shape index (κ3) is 14.4. The van der Waals surface area contributed by atoms with Gasteiger partial charge in [0.05, 0.1) is 33.5 Å². The van der Waals surface area contributed by atoms with E-state index in [9.17, 15) is 0 Å². The second-order valence-corrected chi connectivity index (χ2v) is 49.2. The van der Waals surface area contributed by atoms with Gasteiger partial charge in [-0.25, -0.2) is 0 Å². The largest absolute Gasteiger partial charge is 0.456 e. The van der Waals surface area contributed by atoms with E-state index < -0.39 is 0 Å². The smallest absolute Gasteiger partial charge is 0.252 e. The van der Waals surface area contributed by atoms with Crippen LogP contribution in [0.5, 0.6) is 0 Å². The first kappa shape index (κ1) is 91.5. The monoisotopic (exact) mass is 1880 g/mol. The number of aryl methyl sites for hydroxylation is 2. The third-order valence-corrected chi connectivity index (χ3v) is 32.5. The molecule has 16 aromatic carbocycles. The number of rotatable bonds is 7. The molecule has 4 aliphatic heterocycles. The maximum absolute atomic E-state index is 6.94. The Morgan fingerprint density at radius 1 is 0.294 bits per heavy atom. The number of furan rings is 2. The van der Waals surface area contributed by atoms with Gasteiger partial charge in [-0.3, -0.25) is 0 Å². The van der Waals surface area contributed by atoms with E-state index in [1.807, 2.05) is 6.07 Å². The molecule has 708 valence electrons. The van der Waals surface area contributed by atoms with Crippen LogP contribution >= 0.6 is 11.6 Å². The average molecular weight is 1880 g/mol. The summed E-state index contributed by atoms with van der Waals surface area (Å²) in [7, 11) is 0. The van der Waals surface area contributed by atoms with E-state index in [-0.39, 0.29) is 56.7 Å². The fourth-order valence-corrected chi connectivity index (χ4v) is 25.0. The Kier molecular flexibility index (Phi) is 20.5. The molecule has 4 aromatic heterocycles. The summed E-state index contributed by atoms with van der Waals surface area (Å²) < 4.78 is 18.5. The number of fused-ring (bicyclic) bond motifs is 24. The molecule has 26 rings (SSSR count). The van der Waals surface area contributed by atoms with Gasteiger partial charge in [0, 0.05) is 111 Å². The van der Waals surface area contributed by atoms with Crippen molar-refractivity contribution in [2.45, 2.75) is 216 Å². The number of para-hydroxylation sites is 2. The number of benzene rings is 16. The summed E-state index contributed by atoms with van der Waals surface area (Å²) in [6.45, 7) is 55.7. The quantitative estimate of drug-likeness (QED) is 0.149. The molecule has 0 atom stereocenters. The van der Waals surface area contributed by atoms with Crippen molar-refractivity contribution in [1.82, 2.24) is 9.13 Å². The van der Waals surface area contributed by atoms with Crippen molar-refractivity contribution in [3.8, 4) is 33.9 Å². The van der Waals surface area contributed by atoms with Crippen LogP contribution in [0.25, 0.3) is 99.6 Å². The lowest BCUT2D eigenvalue weighted by molar-refractivity contribution is 0.589. The first-order valence-electron chi connectivity index (χ1n) is 51.5. The number of hydrogen-bond donors (Lipinski definition) is 0. The zero-order valence-electron chi connectivity index (χ0n) is 87.3. The van der Waals surface area contributed by atoms with Crippen molar-refractivity contribution in [1.29, 1.82) is 0 Å². The van der Waals surface area contributed by atoms with Crippen LogP contribution in [-0.2, 0) is 49.7 Å². The van der Waals surface area contributed by atoms with Gasteiger partial charge in [-0.1, -0.05) is 358 Å². The van der Waals surface area contributed by atoms with Crippen LogP contribution in [-0.4, -0.2) is 22.6 Å². The van der Waals surface area contributed by atoms with E-state index in [1.165, 1.54) is 183 Å². The van der Waals surface area contributed by atoms with E-state index in [0.29, 0.717) is 0 Å². The number of hydrogen-bond acceptors (Lipinski definition) is 5. The highest BCUT2D eigenvalue weighted by Crippen LogP contribution is 2.59. The highest BCUT2D eigenvalue weighted by molar-refractivity contribution is 7.01. The normalized spacial score (nSPS) is 14.4. The van der Waals surface area contributed by atoms with E-state index in [4.69, 9.17) is 20.4 Å². The van der Waals surface area contributed by atoms with Crippen LogP contribution in [0, 0.1) is 13.8 Å². The van der Waals surface area contributed by atoms with E-state index >= 15 is 0 Å². The van der Waals surface area contributed by atoms with Crippen LogP contribution in [0.4, 0.5) is 51.2 Å². The van der Waals surface area contributed by atoms with Crippen molar-refractivity contribution >= 4 is 175 Å². The van der Waals surface area contributed by atoms with Crippen LogP contribution in [0.1, 0.15) is 230 Å². The standard InChI is InChI=1S/C66H62BN3O.C46H36BClN2O.C21H28/c1-39-34-54-60-55(35-39)70-61-48(59-62(70)46-18-13-15-20-49(46)66(59,11)12)36-42(65(8,9)10)37-51(61)67(60)50-33-32-45(38-53(50)69(54)52-21-17-23-57-58(52)47-19-14-16-22-56(47)71-57)68(43-28-24-40(25-29-43)63(2,3)4)44-30-26-41(27-31-44)64(5,6)7;1-25-20-36-42-37(21-25)50-43-30(41-44(50)28-12-7-9-14-31(28)46(41,5)6)22-26(45(2,3)4)23-33(43)47(42)32-19-18-27(48)24-35(32)49(36)34-15-11-17-39-40(34)29-13-8-10-16-38(29)51-39;1-20(2,3)18-11-7-16(8-12-18)15-17-9-13-19(14-10-17)21(4,5)6/h13-38H,1-12H3;7-24H,1-6H3;7-14H,15H2,1-6H3. The Hall–Kier alpha value is -14.0. The Balaban J connectivity index is 0.000000133. The van der Waals surface area contributed by atoms with Crippen molar-refractivity contribution in [3.63, 3.8) is 0 Å². The minimum absolute atomic E-state index is 0.0293. The van der Waals surface area contributed by atoms with Gasteiger partial charge in [-0.05, 0) is 285 Å². The van der Waals surface area contributed by atoms with Crippen molar-refractivity contribution in [2.75, 3.05) is 14.7 Å². The molecule has 143 heavy (non-hydrogen) atoms. The molecule has 0 amide bonds. The Bertz CT molecular complexity index is 8590. The van der Waals surface area contributed by atoms with Crippen molar-refractivity contribution < 1.29 is 8.83 Å². The lowest BCUT2D eigenvalue weighted by Crippen LogP contribution is -2.60. The molecule has 0 N–H and O–H groups in total. The van der Waals surface area contributed by atoms with Gasteiger partial charge < -0.3 is 32.7 Å². The fraction of sp³-hybridized carbons (Fsp3) is 0.248. The molecular formula is C133H126B2ClN5O2. The lowest BCUT2D eigenvalue weighted by Gasteiger charge is -2.42. The molecule has 0 saturated carbocycles. The summed E-state index contributed by atoms with van der Waals surface area (Å²) in [5, 5.41) is 7.92. The van der Waals surface area contributed by atoms with Crippen LogP contribution < -0.4 is 47.5 Å². The molecular weight excluding hydrogens is 1760 g/mol. The van der Waals surface area contributed by atoms with E-state index in [0.717, 1.165) is 89.4 Å². The first-order valence-corrected chi connectivity index (χ1v) is 51.9. The molecule has 10 heteroatoms. The summed E-state index contributed by atoms with van der Waals surface area (Å²) in [5.41, 5.74) is 51.4. The molecule has 6 aliphatic rings. The van der Waals surface area contributed by atoms with Gasteiger partial charge in [-0.2, -0.15) is 0 Å². The van der Waals surface area contributed by atoms with Gasteiger partial charge in [0.25, 0.3) is 13.4 Å². The zero-order chi connectivity index (χ0) is 99.6. The maximum atomic E-state index is 6.94. The van der Waals surface area contributed by atoms with Crippen molar-refractivity contribution in [3.05, 3.63) is 398 Å². The van der Waals surface area contributed by atoms with E-state index in [1.54, 1.807) is 0 Å². The Morgan fingerprint density at radius 3 is 1.03 bits per heavy atom. The molecule has 0 bridgehead atoms. The number of anilines is 9. The van der Waals surface area contributed by atoms with Gasteiger partial charge >= 0.3 is 0 Å². The molecule has 0 radical (unpaired) electrons. The average Bonchev–Trinajstić information content (AvgIpc) is 1.51. The zero-order valence-corrected chi connectivity index (χ0v) is 88.1. The predicted octanol–water partition coefficient (Wildman–Crippen LogP) is 32.7.